The van der Waals surface area contributed by atoms with Gasteiger partial charge in [-0.05, 0) is 18.9 Å². The first-order chi connectivity index (χ1) is 9.70. The van der Waals surface area contributed by atoms with E-state index in [4.69, 9.17) is 9.47 Å². The van der Waals surface area contributed by atoms with Crippen LogP contribution in [0.3, 0.4) is 0 Å². The summed E-state index contributed by atoms with van der Waals surface area (Å²) in [7, 11) is 0. The largest absolute Gasteiger partial charge is 0.466 e. The average molecular weight is 277 g/mol. The number of esters is 1. The Labute approximate surface area is 118 Å². The van der Waals surface area contributed by atoms with Gasteiger partial charge in [-0.25, -0.2) is 4.79 Å². The predicted octanol–water partition coefficient (Wildman–Crippen LogP) is 2.21. The molecule has 0 radical (unpaired) electrons. The van der Waals surface area contributed by atoms with Gasteiger partial charge in [0, 0.05) is 13.1 Å². The molecule has 1 aromatic rings. The molecule has 0 bridgehead atoms. The molecule has 1 aromatic carbocycles. The summed E-state index contributed by atoms with van der Waals surface area (Å²) in [6, 6.07) is 9.51. The van der Waals surface area contributed by atoms with Gasteiger partial charge in [0.05, 0.1) is 12.5 Å². The van der Waals surface area contributed by atoms with Gasteiger partial charge >= 0.3 is 12.1 Å². The zero-order valence-electron chi connectivity index (χ0n) is 11.6. The first-order valence-corrected chi connectivity index (χ1v) is 6.83. The molecule has 5 heteroatoms. The molecule has 1 amide bonds. The molecule has 1 saturated heterocycles. The minimum Gasteiger partial charge on any atom is -0.466 e. The summed E-state index contributed by atoms with van der Waals surface area (Å²) in [6.07, 6.45) is 0.264. The van der Waals surface area contributed by atoms with E-state index in [2.05, 4.69) is 0 Å². The molecule has 5 nitrogen and oxygen atoms in total. The zero-order valence-corrected chi connectivity index (χ0v) is 11.6. The summed E-state index contributed by atoms with van der Waals surface area (Å²) in [4.78, 5) is 25.0. The third-order valence-corrected chi connectivity index (χ3v) is 3.27. The molecule has 1 fully saturated rings. The quantitative estimate of drug-likeness (QED) is 0.792. The van der Waals surface area contributed by atoms with Gasteiger partial charge in [-0.2, -0.15) is 0 Å². The van der Waals surface area contributed by atoms with E-state index in [-0.39, 0.29) is 24.6 Å². The van der Waals surface area contributed by atoms with Crippen LogP contribution in [0.15, 0.2) is 30.3 Å². The van der Waals surface area contributed by atoms with Crippen molar-refractivity contribution in [1.82, 2.24) is 4.90 Å². The minimum absolute atomic E-state index is 0.223. The van der Waals surface area contributed by atoms with Crippen molar-refractivity contribution in [3.05, 3.63) is 35.9 Å². The van der Waals surface area contributed by atoms with E-state index in [1.807, 2.05) is 30.3 Å². The van der Waals surface area contributed by atoms with E-state index in [0.29, 0.717) is 26.1 Å². The number of hydrogen-bond acceptors (Lipinski definition) is 4. The molecule has 1 heterocycles. The van der Waals surface area contributed by atoms with Gasteiger partial charge in [0.2, 0.25) is 0 Å². The van der Waals surface area contributed by atoms with Crippen LogP contribution in [0.5, 0.6) is 0 Å². The Morgan fingerprint density at radius 2 is 2.00 bits per heavy atom. The number of amides is 1. The second-order valence-corrected chi connectivity index (χ2v) is 4.72. The fourth-order valence-electron chi connectivity index (χ4n) is 2.19. The van der Waals surface area contributed by atoms with E-state index < -0.39 is 0 Å². The maximum Gasteiger partial charge on any atom is 0.410 e. The van der Waals surface area contributed by atoms with Crippen molar-refractivity contribution in [1.29, 1.82) is 0 Å². The average Bonchev–Trinajstić information content (AvgIpc) is 2.96. The number of hydrogen-bond donors (Lipinski definition) is 0. The van der Waals surface area contributed by atoms with Gasteiger partial charge in [0.15, 0.2) is 0 Å². The van der Waals surface area contributed by atoms with Gasteiger partial charge in [-0.15, -0.1) is 0 Å². The molecule has 1 unspecified atom stereocenters. The molecule has 0 aliphatic carbocycles. The van der Waals surface area contributed by atoms with Crippen molar-refractivity contribution in [2.24, 2.45) is 5.92 Å². The lowest BCUT2D eigenvalue weighted by Gasteiger charge is -2.16. The van der Waals surface area contributed by atoms with Crippen molar-refractivity contribution >= 4 is 12.1 Å². The fourth-order valence-corrected chi connectivity index (χ4v) is 2.19. The van der Waals surface area contributed by atoms with Crippen LogP contribution >= 0.6 is 0 Å². The number of nitrogens with zero attached hydrogens (tertiary/aromatic N) is 1. The summed E-state index contributed by atoms with van der Waals surface area (Å²) < 4.78 is 10.2. The first-order valence-electron chi connectivity index (χ1n) is 6.83. The molecule has 108 valence electrons. The van der Waals surface area contributed by atoms with Crippen molar-refractivity contribution in [2.75, 3.05) is 19.7 Å². The Hall–Kier alpha value is -2.04. The van der Waals surface area contributed by atoms with Crippen LogP contribution in [0.4, 0.5) is 4.79 Å². The normalized spacial score (nSPS) is 17.9. The van der Waals surface area contributed by atoms with E-state index in [9.17, 15) is 9.59 Å². The van der Waals surface area contributed by atoms with Crippen LogP contribution < -0.4 is 0 Å². The Morgan fingerprint density at radius 1 is 1.25 bits per heavy atom. The van der Waals surface area contributed by atoms with Gasteiger partial charge in [0.1, 0.15) is 6.61 Å². The smallest absolute Gasteiger partial charge is 0.410 e. The lowest BCUT2D eigenvalue weighted by atomic mass is 10.1. The monoisotopic (exact) mass is 277 g/mol. The van der Waals surface area contributed by atoms with E-state index >= 15 is 0 Å². The van der Waals surface area contributed by atoms with E-state index in [1.54, 1.807) is 11.8 Å². The molecule has 20 heavy (non-hydrogen) atoms. The van der Waals surface area contributed by atoms with Gasteiger partial charge < -0.3 is 14.4 Å². The summed E-state index contributed by atoms with van der Waals surface area (Å²) in [5.74, 6) is -0.454. The van der Waals surface area contributed by atoms with E-state index in [0.717, 1.165) is 5.56 Å². The Balaban J connectivity index is 1.78. The zero-order chi connectivity index (χ0) is 14.4. The lowest BCUT2D eigenvalue weighted by molar-refractivity contribution is -0.147. The summed E-state index contributed by atoms with van der Waals surface area (Å²) in [5, 5.41) is 0. The molecule has 0 saturated carbocycles. The number of rotatable bonds is 4. The highest BCUT2D eigenvalue weighted by molar-refractivity contribution is 5.75. The summed E-state index contributed by atoms with van der Waals surface area (Å²) in [6.45, 7) is 3.32. The fraction of sp³-hybridized carbons (Fsp3) is 0.467. The van der Waals surface area contributed by atoms with Gasteiger partial charge in [-0.1, -0.05) is 30.3 Å². The van der Waals surface area contributed by atoms with Crippen LogP contribution in [-0.2, 0) is 20.9 Å². The molecule has 2 rings (SSSR count). The number of carbonyl (C=O) groups excluding carboxylic acids is 2. The molecular weight excluding hydrogens is 258 g/mol. The molecule has 0 spiro atoms. The minimum atomic E-state index is -0.374. The topological polar surface area (TPSA) is 55.8 Å². The van der Waals surface area contributed by atoms with Crippen LogP contribution in [0, 0.1) is 5.92 Å². The number of ether oxygens (including phenoxy) is 2. The standard InChI is InChI=1S/C15H19NO4/c1-2-19-14(17)13-8-9-16(10-13)15(18)20-11-12-6-4-3-5-7-12/h3-7,13H,2,8-11H2,1H3. The van der Waals surface area contributed by atoms with Crippen molar-refractivity contribution in [2.45, 2.75) is 20.0 Å². The second kappa shape index (κ2) is 6.93. The van der Waals surface area contributed by atoms with Crippen LogP contribution in [0.25, 0.3) is 0 Å². The summed E-state index contributed by atoms with van der Waals surface area (Å²) >= 11 is 0. The molecule has 1 aliphatic heterocycles. The van der Waals surface area contributed by atoms with E-state index in [1.165, 1.54) is 0 Å². The highest BCUT2D eigenvalue weighted by atomic mass is 16.6. The van der Waals surface area contributed by atoms with Crippen molar-refractivity contribution in [3.8, 4) is 0 Å². The van der Waals surface area contributed by atoms with Crippen LogP contribution in [0.1, 0.15) is 18.9 Å². The highest BCUT2D eigenvalue weighted by Gasteiger charge is 2.32. The summed E-state index contributed by atoms with van der Waals surface area (Å²) in [5.41, 5.74) is 0.946. The second-order valence-electron chi connectivity index (χ2n) is 4.72. The van der Waals surface area contributed by atoms with Crippen LogP contribution in [-0.4, -0.2) is 36.7 Å². The first kappa shape index (κ1) is 14.4. The Kier molecular flexibility index (Phi) is 4.98. The number of benzene rings is 1. The number of carbonyl (C=O) groups is 2. The highest BCUT2D eigenvalue weighted by Crippen LogP contribution is 2.18. The van der Waals surface area contributed by atoms with Gasteiger partial charge in [-0.3, -0.25) is 4.79 Å². The maximum atomic E-state index is 11.9. The molecule has 1 atom stereocenters. The maximum absolute atomic E-state index is 11.9. The molecule has 0 aromatic heterocycles. The SMILES string of the molecule is CCOC(=O)C1CCN(C(=O)OCc2ccccc2)C1. The lowest BCUT2D eigenvalue weighted by Crippen LogP contribution is -2.30. The Morgan fingerprint density at radius 3 is 2.70 bits per heavy atom. The van der Waals surface area contributed by atoms with Gasteiger partial charge in [0.25, 0.3) is 0 Å². The molecular formula is C15H19NO4. The van der Waals surface area contributed by atoms with Crippen molar-refractivity contribution in [3.63, 3.8) is 0 Å². The molecule has 0 N–H and O–H groups in total. The third kappa shape index (κ3) is 3.73. The van der Waals surface area contributed by atoms with Crippen molar-refractivity contribution < 1.29 is 19.1 Å². The predicted molar refractivity (Wildman–Crippen MR) is 72.9 cm³/mol. The third-order valence-electron chi connectivity index (χ3n) is 3.27. The number of likely N-dealkylation sites (tertiary alicyclic amines) is 1. The Bertz CT molecular complexity index is 460. The van der Waals surface area contributed by atoms with Crippen LogP contribution in [0.2, 0.25) is 0 Å². The molecule has 1 aliphatic rings.